The van der Waals surface area contributed by atoms with Crippen molar-refractivity contribution in [2.45, 2.75) is 36.5 Å². The van der Waals surface area contributed by atoms with E-state index in [1.165, 1.54) is 24.2 Å². The molecule has 1 fully saturated rings. The molecule has 2 aliphatic carbocycles. The molecule has 1 saturated heterocycles. The Morgan fingerprint density at radius 2 is 2.50 bits per heavy atom. The highest BCUT2D eigenvalue weighted by Crippen LogP contribution is 2.62. The van der Waals surface area contributed by atoms with E-state index in [0.717, 1.165) is 5.56 Å². The summed E-state index contributed by atoms with van der Waals surface area (Å²) < 4.78 is 70.4. The number of rotatable bonds is 2. The maximum Gasteiger partial charge on any atom is 0.211 e. The molecule has 1 aromatic rings. The van der Waals surface area contributed by atoms with Crippen molar-refractivity contribution in [2.24, 2.45) is 5.89 Å². The molecule has 0 aromatic heterocycles. The van der Waals surface area contributed by atoms with Gasteiger partial charge in [-0.05, 0) is 38.0 Å². The second-order valence-electron chi connectivity index (χ2n) is 6.28. The molecular weight excluding hydrogens is 278 g/mol. The number of benzene rings is 1. The summed E-state index contributed by atoms with van der Waals surface area (Å²) in [6.07, 6.45) is -1.29. The Kier molecular flexibility index (Phi) is 1.45. The van der Waals surface area contributed by atoms with Gasteiger partial charge in [-0.3, -0.25) is 0 Å². The molecule has 1 aromatic carbocycles. The number of aliphatic hydroxyl groups is 1. The lowest BCUT2D eigenvalue weighted by atomic mass is 9.53. The van der Waals surface area contributed by atoms with Crippen LogP contribution in [0.5, 0.6) is 11.5 Å². The number of nitrogens with zero attached hydrogens (tertiary/aromatic N) is 1. The summed E-state index contributed by atoms with van der Waals surface area (Å²) in [6.45, 7) is -2.28. The molecule has 4 nitrogen and oxygen atoms in total. The van der Waals surface area contributed by atoms with Gasteiger partial charge in [0, 0.05) is 28.4 Å². The third kappa shape index (κ3) is 1.28. The van der Waals surface area contributed by atoms with Gasteiger partial charge in [0.25, 0.3) is 0 Å². The number of likely N-dealkylation sites (N-methyl/N-ethyl adjacent to an activating group) is 1. The van der Waals surface area contributed by atoms with Gasteiger partial charge in [0.1, 0.15) is 12.2 Å². The molecular formula is C18H21NO3. The second-order valence-corrected chi connectivity index (χ2v) is 6.28. The lowest BCUT2D eigenvalue weighted by Crippen LogP contribution is -2.64. The number of likely N-dealkylation sites (tertiary alicyclic amines) is 1. The van der Waals surface area contributed by atoms with Crippen LogP contribution in [0, 0.1) is 5.89 Å². The standard InChI is InChI=1S/C18H21NO3/c1-19-8-7-18-11-4-5-13(20)17(18)22-16-14(21-2)6-3-10(15(16)18)9-12(11)19/h3-6,11-13,17,20H,7-9H2,1-2H3/t11-,12+,13?,17?,18-/m0/s1/i1D3,11D,13D,17D,20D. The van der Waals surface area contributed by atoms with Gasteiger partial charge in [-0.15, -0.1) is 0 Å². The minimum atomic E-state index is -2.40. The van der Waals surface area contributed by atoms with E-state index in [9.17, 15) is 2.74 Å². The molecule has 4 heteroatoms. The fourth-order valence-electron chi connectivity index (χ4n) is 4.55. The average molecular weight is 306 g/mol. The van der Waals surface area contributed by atoms with Crippen LogP contribution in [0.1, 0.15) is 25.8 Å². The maximum atomic E-state index is 9.47. The second kappa shape index (κ2) is 4.06. The first-order valence-corrected chi connectivity index (χ1v) is 7.50. The summed E-state index contributed by atoms with van der Waals surface area (Å²) in [6, 6.07) is 2.77. The number of hydrogen-bond acceptors (Lipinski definition) is 4. The Morgan fingerprint density at radius 1 is 1.55 bits per heavy atom. The summed E-state index contributed by atoms with van der Waals surface area (Å²) in [5.74, 6) is -0.880. The normalized spacial score (nSPS) is 56.2. The first kappa shape index (κ1) is 7.84. The van der Waals surface area contributed by atoms with E-state index in [0.29, 0.717) is 17.7 Å². The smallest absolute Gasteiger partial charge is 0.211 e. The molecule has 2 bridgehead atoms. The van der Waals surface area contributed by atoms with Gasteiger partial charge in [-0.25, -0.2) is 0 Å². The van der Waals surface area contributed by atoms with Crippen LogP contribution in [-0.2, 0) is 11.8 Å². The Hall–Kier alpha value is -1.52. The van der Waals surface area contributed by atoms with Crippen molar-refractivity contribution in [1.29, 1.82) is 1.43 Å². The number of piperidine rings is 1. The van der Waals surface area contributed by atoms with Gasteiger partial charge in [-0.2, -0.15) is 0 Å². The molecule has 0 amide bonds. The van der Waals surface area contributed by atoms with Crippen LogP contribution in [0.3, 0.4) is 0 Å². The van der Waals surface area contributed by atoms with Gasteiger partial charge >= 0.3 is 0 Å². The molecule has 2 aliphatic heterocycles. The summed E-state index contributed by atoms with van der Waals surface area (Å²) >= 11 is 0. The minimum absolute atomic E-state index is 0.108. The molecule has 0 radical (unpaired) electrons. The van der Waals surface area contributed by atoms with Crippen LogP contribution >= 0.6 is 0 Å². The Labute approximate surface area is 140 Å². The van der Waals surface area contributed by atoms with Crippen molar-refractivity contribution >= 4 is 0 Å². The van der Waals surface area contributed by atoms with E-state index in [-0.39, 0.29) is 18.7 Å². The third-order valence-electron chi connectivity index (χ3n) is 5.45. The van der Waals surface area contributed by atoms with E-state index in [1.54, 1.807) is 6.07 Å². The fraction of sp³-hybridized carbons (Fsp3) is 0.556. The van der Waals surface area contributed by atoms with E-state index in [4.69, 9.17) is 21.5 Å². The minimum Gasteiger partial charge on any atom is -0.493 e. The van der Waals surface area contributed by atoms with Crippen LogP contribution in [0.4, 0.5) is 0 Å². The zero-order valence-corrected chi connectivity index (χ0v) is 12.2. The SMILES string of the molecule is [2H]OC1([2H])C=C[C@@]2([2H])[C@H]3Cc4ccc(OC)c5c4[C@@]2(CCN3C([2H])([2H])[2H])C1([2H])O5. The highest BCUT2D eigenvalue weighted by molar-refractivity contribution is 5.62. The van der Waals surface area contributed by atoms with Crippen molar-refractivity contribution in [3.8, 4) is 11.5 Å². The predicted molar refractivity (Wildman–Crippen MR) is 82.5 cm³/mol. The maximum absolute atomic E-state index is 9.47. The summed E-state index contributed by atoms with van der Waals surface area (Å²) in [5.41, 5.74) is 0.0159. The summed E-state index contributed by atoms with van der Waals surface area (Å²) in [4.78, 5) is 1.35. The first-order valence-electron chi connectivity index (χ1n) is 10.9. The van der Waals surface area contributed by atoms with E-state index < -0.39 is 36.5 Å². The molecule has 5 atom stereocenters. The van der Waals surface area contributed by atoms with E-state index >= 15 is 0 Å². The number of methoxy groups -OCH3 is 1. The fourth-order valence-corrected chi connectivity index (χ4v) is 4.55. The molecule has 5 rings (SSSR count). The van der Waals surface area contributed by atoms with E-state index in [2.05, 4.69) is 0 Å². The van der Waals surface area contributed by atoms with Crippen LogP contribution in [-0.4, -0.2) is 50.3 Å². The zero-order chi connectivity index (χ0) is 21.0. The monoisotopic (exact) mass is 306 g/mol. The van der Waals surface area contributed by atoms with Gasteiger partial charge in [0.05, 0.1) is 9.85 Å². The third-order valence-corrected chi connectivity index (χ3v) is 5.45. The highest BCUT2D eigenvalue weighted by Gasteiger charge is 2.64. The molecule has 1 N–H and O–H groups in total. The lowest BCUT2D eigenvalue weighted by Gasteiger charge is -2.56. The molecule has 2 heterocycles. The Balaban J connectivity index is 1.87. The van der Waals surface area contributed by atoms with Gasteiger partial charge in [0.15, 0.2) is 11.5 Å². The predicted octanol–water partition coefficient (Wildman–Crippen LogP) is 1.50. The van der Waals surface area contributed by atoms with Crippen LogP contribution in [0.2, 0.25) is 0 Å². The lowest BCUT2D eigenvalue weighted by molar-refractivity contribution is -0.0453. The molecule has 116 valence electrons. The molecule has 4 aliphatic rings. The average Bonchev–Trinajstić information content (AvgIpc) is 2.93. The molecule has 0 saturated carbocycles. The molecule has 2 unspecified atom stereocenters. The number of hydrogen-bond donors (Lipinski definition) is 1. The first-order chi connectivity index (χ1) is 13.5. The van der Waals surface area contributed by atoms with Crippen molar-refractivity contribution in [3.63, 3.8) is 0 Å². The van der Waals surface area contributed by atoms with Gasteiger partial charge in [0.2, 0.25) is 1.43 Å². The van der Waals surface area contributed by atoms with Crippen molar-refractivity contribution < 1.29 is 22.8 Å². The van der Waals surface area contributed by atoms with Crippen molar-refractivity contribution in [3.05, 3.63) is 35.4 Å². The quantitative estimate of drug-likeness (QED) is 0.841. The Bertz CT molecular complexity index is 939. The Morgan fingerprint density at radius 3 is 3.32 bits per heavy atom. The van der Waals surface area contributed by atoms with Gasteiger partial charge in [-0.1, -0.05) is 18.2 Å². The number of ether oxygens (including phenoxy) is 2. The van der Waals surface area contributed by atoms with Crippen molar-refractivity contribution in [1.82, 2.24) is 4.90 Å². The van der Waals surface area contributed by atoms with Crippen LogP contribution in [0.25, 0.3) is 0 Å². The molecule has 1 spiro atoms. The largest absolute Gasteiger partial charge is 0.493 e. The van der Waals surface area contributed by atoms with Crippen LogP contribution < -0.4 is 9.47 Å². The topological polar surface area (TPSA) is 41.9 Å². The van der Waals surface area contributed by atoms with Gasteiger partial charge < -0.3 is 19.5 Å². The van der Waals surface area contributed by atoms with E-state index in [1.807, 2.05) is 6.07 Å². The summed E-state index contributed by atoms with van der Waals surface area (Å²) in [5, 5.41) is 4.71. The van der Waals surface area contributed by atoms with Crippen molar-refractivity contribution in [2.75, 3.05) is 20.6 Å². The zero-order valence-electron chi connectivity index (χ0n) is 19.2. The van der Waals surface area contributed by atoms with Crippen LogP contribution in [0.15, 0.2) is 24.3 Å². The molecule has 22 heavy (non-hydrogen) atoms. The highest BCUT2D eigenvalue weighted by atomic mass is 16.5. The summed E-state index contributed by atoms with van der Waals surface area (Å²) in [7, 11) is 1.47.